The number of halogens is 1. The van der Waals surface area contributed by atoms with Crippen molar-refractivity contribution >= 4 is 32.8 Å². The van der Waals surface area contributed by atoms with Gasteiger partial charge in [-0.1, -0.05) is 0 Å². The molecule has 0 atom stereocenters. The van der Waals surface area contributed by atoms with Crippen molar-refractivity contribution in [2.45, 2.75) is 6.42 Å². The van der Waals surface area contributed by atoms with E-state index >= 15 is 0 Å². The zero-order valence-corrected chi connectivity index (χ0v) is 15.0. The normalized spacial score (nSPS) is 18.0. The highest BCUT2D eigenvalue weighted by Gasteiger charge is 2.24. The van der Waals surface area contributed by atoms with Crippen LogP contribution < -0.4 is 5.32 Å². The SMILES string of the molecule is O=C(NCCc1nc2ccc(F)cc2[nH]1)C1=CN2CCS(=O)(=O)N=C2C=C1. The van der Waals surface area contributed by atoms with E-state index in [-0.39, 0.29) is 24.0 Å². The van der Waals surface area contributed by atoms with E-state index in [9.17, 15) is 17.6 Å². The third-order valence-electron chi connectivity index (χ3n) is 4.23. The van der Waals surface area contributed by atoms with E-state index in [1.165, 1.54) is 24.3 Å². The number of H-pyrrole nitrogens is 1. The first-order valence-corrected chi connectivity index (χ1v) is 9.92. The lowest BCUT2D eigenvalue weighted by atomic mass is 10.1. The summed E-state index contributed by atoms with van der Waals surface area (Å²) in [5.41, 5.74) is 1.70. The molecule has 2 aliphatic heterocycles. The second kappa shape index (κ2) is 6.62. The van der Waals surface area contributed by atoms with Crippen LogP contribution in [0.1, 0.15) is 5.82 Å². The molecule has 0 aliphatic carbocycles. The lowest BCUT2D eigenvalue weighted by Crippen LogP contribution is -2.38. The van der Waals surface area contributed by atoms with Crippen molar-refractivity contribution < 1.29 is 17.6 Å². The van der Waals surface area contributed by atoms with Crippen LogP contribution in [0.3, 0.4) is 0 Å². The molecule has 140 valence electrons. The molecule has 1 aromatic carbocycles. The quantitative estimate of drug-likeness (QED) is 0.806. The molecule has 2 N–H and O–H groups in total. The second-order valence-electron chi connectivity index (χ2n) is 6.20. The molecule has 0 spiro atoms. The Balaban J connectivity index is 1.37. The van der Waals surface area contributed by atoms with Crippen molar-refractivity contribution in [2.75, 3.05) is 18.8 Å². The molecule has 0 unspecified atom stereocenters. The predicted octanol–water partition coefficient (Wildman–Crippen LogP) is 0.858. The Morgan fingerprint density at radius 3 is 3.04 bits per heavy atom. The van der Waals surface area contributed by atoms with Crippen LogP contribution in [0.5, 0.6) is 0 Å². The van der Waals surface area contributed by atoms with Crippen LogP contribution in [0.25, 0.3) is 11.0 Å². The first-order valence-electron chi connectivity index (χ1n) is 8.31. The molecule has 4 rings (SSSR count). The van der Waals surface area contributed by atoms with E-state index in [0.29, 0.717) is 41.2 Å². The Bertz CT molecular complexity index is 1120. The van der Waals surface area contributed by atoms with Crippen molar-refractivity contribution in [1.82, 2.24) is 20.2 Å². The summed E-state index contributed by atoms with van der Waals surface area (Å²) in [7, 11) is -3.42. The predicted molar refractivity (Wildman–Crippen MR) is 97.9 cm³/mol. The van der Waals surface area contributed by atoms with Crippen molar-refractivity contribution in [3.05, 3.63) is 53.8 Å². The van der Waals surface area contributed by atoms with Gasteiger partial charge in [0.05, 0.1) is 22.4 Å². The molecule has 10 heteroatoms. The lowest BCUT2D eigenvalue weighted by molar-refractivity contribution is -0.117. The molecule has 3 heterocycles. The summed E-state index contributed by atoms with van der Waals surface area (Å²) in [6.07, 6.45) is 5.11. The standard InChI is InChI=1S/C17H16FN5O3S/c18-12-2-3-13-14(9-12)21-15(20-13)5-6-19-17(24)11-1-4-16-22-27(25,26)8-7-23(16)10-11/h1-4,9-10H,5-8H2,(H,19,24)(H,20,21). The Labute approximate surface area is 154 Å². The summed E-state index contributed by atoms with van der Waals surface area (Å²) in [4.78, 5) is 21.3. The molecule has 8 nitrogen and oxygen atoms in total. The number of sulfonamides is 1. The van der Waals surface area contributed by atoms with E-state index in [2.05, 4.69) is 19.7 Å². The Kier molecular flexibility index (Phi) is 4.27. The van der Waals surface area contributed by atoms with Crippen LogP contribution in [0, 0.1) is 5.82 Å². The van der Waals surface area contributed by atoms with E-state index in [1.807, 2.05) is 0 Å². The number of fused-ring (bicyclic) bond motifs is 2. The van der Waals surface area contributed by atoms with Gasteiger partial charge in [0.2, 0.25) is 0 Å². The summed E-state index contributed by atoms with van der Waals surface area (Å²) < 4.78 is 39.9. The minimum atomic E-state index is -3.42. The van der Waals surface area contributed by atoms with E-state index in [1.54, 1.807) is 17.2 Å². The monoisotopic (exact) mass is 389 g/mol. The van der Waals surface area contributed by atoms with Gasteiger partial charge in [-0.2, -0.15) is 0 Å². The maximum atomic E-state index is 13.2. The van der Waals surface area contributed by atoms with E-state index in [4.69, 9.17) is 0 Å². The van der Waals surface area contributed by atoms with Crippen LogP contribution in [0.2, 0.25) is 0 Å². The minimum Gasteiger partial charge on any atom is -0.352 e. The fraction of sp³-hybridized carbons (Fsp3) is 0.235. The third kappa shape index (κ3) is 3.75. The summed E-state index contributed by atoms with van der Waals surface area (Å²) >= 11 is 0. The van der Waals surface area contributed by atoms with Crippen LogP contribution in [0.4, 0.5) is 4.39 Å². The summed E-state index contributed by atoms with van der Waals surface area (Å²) in [5, 5.41) is 2.79. The molecular weight excluding hydrogens is 373 g/mol. The first kappa shape index (κ1) is 17.4. The van der Waals surface area contributed by atoms with Crippen LogP contribution in [-0.2, 0) is 21.2 Å². The number of hydrogen-bond donors (Lipinski definition) is 2. The van der Waals surface area contributed by atoms with E-state index < -0.39 is 10.0 Å². The molecule has 1 aromatic heterocycles. The molecule has 1 amide bonds. The lowest BCUT2D eigenvalue weighted by Gasteiger charge is -2.26. The number of nitrogens with zero attached hydrogens (tertiary/aromatic N) is 3. The van der Waals surface area contributed by atoms with Gasteiger partial charge in [-0.25, -0.2) is 17.8 Å². The summed E-state index contributed by atoms with van der Waals surface area (Å²) in [6, 6.07) is 4.32. The summed E-state index contributed by atoms with van der Waals surface area (Å²) in [5.74, 6) is 0.269. The van der Waals surface area contributed by atoms with Crippen molar-refractivity contribution in [3.8, 4) is 0 Å². The average molecular weight is 389 g/mol. The fourth-order valence-corrected chi connectivity index (χ4v) is 3.85. The number of rotatable bonds is 4. The van der Waals surface area contributed by atoms with Crippen molar-refractivity contribution in [3.63, 3.8) is 0 Å². The number of hydrogen-bond acceptors (Lipinski definition) is 5. The van der Waals surface area contributed by atoms with Crippen LogP contribution in [0.15, 0.2) is 46.5 Å². The van der Waals surface area contributed by atoms with Gasteiger partial charge in [-0.05, 0) is 30.4 Å². The van der Waals surface area contributed by atoms with Crippen molar-refractivity contribution in [1.29, 1.82) is 0 Å². The maximum Gasteiger partial charge on any atom is 0.256 e. The van der Waals surface area contributed by atoms with Gasteiger partial charge in [0.15, 0.2) is 0 Å². The zero-order valence-electron chi connectivity index (χ0n) is 14.1. The minimum absolute atomic E-state index is 0.0810. The number of imidazole rings is 1. The maximum absolute atomic E-state index is 13.2. The number of carbonyl (C=O) groups excluding carboxylic acids is 1. The van der Waals surface area contributed by atoms with Gasteiger partial charge in [0, 0.05) is 25.7 Å². The number of aromatic amines is 1. The molecule has 0 bridgehead atoms. The second-order valence-corrected chi connectivity index (χ2v) is 7.95. The van der Waals surface area contributed by atoms with E-state index in [0.717, 1.165) is 0 Å². The number of amidine groups is 1. The number of benzene rings is 1. The summed E-state index contributed by atoms with van der Waals surface area (Å²) in [6.45, 7) is 0.611. The number of aromatic nitrogens is 2. The fourth-order valence-electron chi connectivity index (χ4n) is 2.88. The topological polar surface area (TPSA) is 108 Å². The third-order valence-corrected chi connectivity index (χ3v) is 5.39. The highest BCUT2D eigenvalue weighted by atomic mass is 32.2. The van der Waals surface area contributed by atoms with Gasteiger partial charge in [-0.3, -0.25) is 4.79 Å². The zero-order chi connectivity index (χ0) is 19.0. The number of amides is 1. The average Bonchev–Trinajstić information content (AvgIpc) is 3.02. The molecule has 0 radical (unpaired) electrons. The molecule has 0 saturated carbocycles. The molecule has 0 saturated heterocycles. The highest BCUT2D eigenvalue weighted by molar-refractivity contribution is 7.90. The van der Waals surface area contributed by atoms with Crippen LogP contribution >= 0.6 is 0 Å². The molecule has 2 aromatic rings. The van der Waals surface area contributed by atoms with Gasteiger partial charge >= 0.3 is 0 Å². The molecule has 27 heavy (non-hydrogen) atoms. The Hall–Kier alpha value is -3.01. The first-order chi connectivity index (χ1) is 12.9. The number of nitrogens with one attached hydrogen (secondary N) is 2. The largest absolute Gasteiger partial charge is 0.352 e. The molecule has 0 fully saturated rings. The Morgan fingerprint density at radius 1 is 1.33 bits per heavy atom. The van der Waals surface area contributed by atoms with Crippen LogP contribution in [-0.4, -0.2) is 53.9 Å². The van der Waals surface area contributed by atoms with Gasteiger partial charge < -0.3 is 15.2 Å². The highest BCUT2D eigenvalue weighted by Crippen LogP contribution is 2.16. The van der Waals surface area contributed by atoms with Gasteiger partial charge in [0.1, 0.15) is 17.5 Å². The molecular formula is C17H16FN5O3S. The number of carbonyl (C=O) groups is 1. The smallest absolute Gasteiger partial charge is 0.256 e. The van der Waals surface area contributed by atoms with Crippen molar-refractivity contribution in [2.24, 2.45) is 4.40 Å². The molecule has 2 aliphatic rings. The van der Waals surface area contributed by atoms with Gasteiger partial charge in [-0.15, -0.1) is 4.40 Å². The Morgan fingerprint density at radius 2 is 2.19 bits per heavy atom. The van der Waals surface area contributed by atoms with Gasteiger partial charge in [0.25, 0.3) is 15.9 Å².